The first-order valence-corrected chi connectivity index (χ1v) is 6.84. The van der Waals surface area contributed by atoms with Crippen molar-refractivity contribution >= 4 is 5.91 Å². The van der Waals surface area contributed by atoms with Crippen molar-refractivity contribution in [1.82, 2.24) is 9.47 Å². The van der Waals surface area contributed by atoms with E-state index in [-0.39, 0.29) is 11.5 Å². The molecule has 108 valence electrons. The molecule has 1 aromatic heterocycles. The van der Waals surface area contributed by atoms with Crippen molar-refractivity contribution in [2.45, 2.75) is 18.6 Å². The molecule has 1 amide bonds. The van der Waals surface area contributed by atoms with Crippen LogP contribution >= 0.6 is 0 Å². The third-order valence-corrected chi connectivity index (χ3v) is 3.87. The smallest absolute Gasteiger partial charge is 0.254 e. The van der Waals surface area contributed by atoms with Gasteiger partial charge in [-0.3, -0.25) is 9.59 Å². The number of amides is 1. The summed E-state index contributed by atoms with van der Waals surface area (Å²) in [6.07, 6.45) is 3.27. The maximum Gasteiger partial charge on any atom is 0.254 e. The van der Waals surface area contributed by atoms with E-state index in [1.54, 1.807) is 24.2 Å². The molecular weight excluding hydrogens is 260 g/mol. The Morgan fingerprint density at radius 1 is 1.35 bits per heavy atom. The van der Waals surface area contributed by atoms with Crippen LogP contribution in [0.4, 0.5) is 0 Å². The summed E-state index contributed by atoms with van der Waals surface area (Å²) in [4.78, 5) is 25.8. The summed E-state index contributed by atoms with van der Waals surface area (Å²) in [5.41, 5.74) is 0.235. The predicted molar refractivity (Wildman–Crippen MR) is 71.5 cm³/mol. The first kappa shape index (κ1) is 13.3. The van der Waals surface area contributed by atoms with Crippen LogP contribution in [0.15, 0.2) is 23.1 Å². The minimum Gasteiger partial charge on any atom is -0.346 e. The Kier molecular flexibility index (Phi) is 3.35. The van der Waals surface area contributed by atoms with Crippen molar-refractivity contribution in [1.29, 1.82) is 0 Å². The Balaban J connectivity index is 1.79. The first-order valence-electron chi connectivity index (χ1n) is 6.84. The van der Waals surface area contributed by atoms with Crippen LogP contribution in [0.1, 0.15) is 23.2 Å². The Hall–Kier alpha value is -1.66. The number of rotatable bonds is 1. The number of aryl methyl sites for hydroxylation is 1. The standard InChI is InChI=1S/C14H18N2O4/c1-15-6-3-11(9-12(15)17)13(18)16-5-2-4-14(10-16)19-7-8-20-14/h3,6,9H,2,4-5,7-8,10H2,1H3. The quantitative estimate of drug-likeness (QED) is 0.744. The highest BCUT2D eigenvalue weighted by atomic mass is 16.7. The van der Waals surface area contributed by atoms with E-state index in [9.17, 15) is 9.59 Å². The van der Waals surface area contributed by atoms with Crippen molar-refractivity contribution in [3.63, 3.8) is 0 Å². The van der Waals surface area contributed by atoms with Gasteiger partial charge in [-0.2, -0.15) is 0 Å². The summed E-state index contributed by atoms with van der Waals surface area (Å²) < 4.78 is 12.8. The van der Waals surface area contributed by atoms with Gasteiger partial charge in [-0.05, 0) is 12.5 Å². The van der Waals surface area contributed by atoms with Gasteiger partial charge in [-0.15, -0.1) is 0 Å². The van der Waals surface area contributed by atoms with Crippen molar-refractivity contribution < 1.29 is 14.3 Å². The molecule has 0 bridgehead atoms. The second-order valence-electron chi connectivity index (χ2n) is 5.30. The molecule has 0 N–H and O–H groups in total. The summed E-state index contributed by atoms with van der Waals surface area (Å²) in [5, 5.41) is 0. The van der Waals surface area contributed by atoms with Gasteiger partial charge in [0.25, 0.3) is 11.5 Å². The highest BCUT2D eigenvalue weighted by molar-refractivity contribution is 5.94. The Bertz CT molecular complexity index is 575. The van der Waals surface area contributed by atoms with E-state index in [1.807, 2.05) is 0 Å². The molecule has 20 heavy (non-hydrogen) atoms. The van der Waals surface area contributed by atoms with Crippen LogP contribution in [0, 0.1) is 0 Å². The molecule has 0 radical (unpaired) electrons. The Morgan fingerprint density at radius 2 is 2.10 bits per heavy atom. The van der Waals surface area contributed by atoms with Gasteiger partial charge in [0.1, 0.15) is 0 Å². The Morgan fingerprint density at radius 3 is 2.80 bits per heavy atom. The van der Waals surface area contributed by atoms with Crippen LogP contribution in [-0.4, -0.2) is 47.5 Å². The van der Waals surface area contributed by atoms with Crippen molar-refractivity contribution in [2.24, 2.45) is 7.05 Å². The molecule has 1 aromatic rings. The number of hydrogen-bond donors (Lipinski definition) is 0. The highest BCUT2D eigenvalue weighted by Gasteiger charge is 2.42. The molecule has 0 saturated carbocycles. The number of carbonyl (C=O) groups excluding carboxylic acids is 1. The topological polar surface area (TPSA) is 60.8 Å². The van der Waals surface area contributed by atoms with Crippen LogP contribution in [0.5, 0.6) is 0 Å². The van der Waals surface area contributed by atoms with Gasteiger partial charge in [0.15, 0.2) is 5.79 Å². The minimum atomic E-state index is -0.631. The SMILES string of the molecule is Cn1ccc(C(=O)N2CCCC3(C2)OCCO3)cc1=O. The molecular formula is C14H18N2O4. The fraction of sp³-hybridized carbons (Fsp3) is 0.571. The number of piperidine rings is 1. The Labute approximate surface area is 116 Å². The molecule has 6 nitrogen and oxygen atoms in total. The largest absolute Gasteiger partial charge is 0.346 e. The fourth-order valence-electron chi connectivity index (χ4n) is 2.76. The van der Waals surface area contributed by atoms with Gasteiger partial charge in [-0.25, -0.2) is 0 Å². The third-order valence-electron chi connectivity index (χ3n) is 3.87. The summed E-state index contributed by atoms with van der Waals surface area (Å²) >= 11 is 0. The number of likely N-dealkylation sites (tertiary alicyclic amines) is 1. The van der Waals surface area contributed by atoms with Crippen LogP contribution in [0.25, 0.3) is 0 Å². The highest BCUT2D eigenvalue weighted by Crippen LogP contribution is 2.30. The van der Waals surface area contributed by atoms with Crippen LogP contribution in [0.2, 0.25) is 0 Å². The number of nitrogens with zero attached hydrogens (tertiary/aromatic N) is 2. The van der Waals surface area contributed by atoms with Gasteiger partial charge >= 0.3 is 0 Å². The minimum absolute atomic E-state index is 0.138. The van der Waals surface area contributed by atoms with E-state index in [1.165, 1.54) is 10.6 Å². The second kappa shape index (κ2) is 5.03. The van der Waals surface area contributed by atoms with E-state index >= 15 is 0 Å². The van der Waals surface area contributed by atoms with E-state index in [2.05, 4.69) is 0 Å². The van der Waals surface area contributed by atoms with Gasteiger partial charge in [0.05, 0.1) is 19.8 Å². The van der Waals surface area contributed by atoms with Crippen LogP contribution < -0.4 is 5.56 Å². The zero-order valence-electron chi connectivity index (χ0n) is 11.5. The van der Waals surface area contributed by atoms with Crippen LogP contribution in [0.3, 0.4) is 0 Å². The summed E-state index contributed by atoms with van der Waals surface area (Å²) in [6, 6.07) is 3.04. The average Bonchev–Trinajstić information content (AvgIpc) is 2.89. The van der Waals surface area contributed by atoms with E-state index in [4.69, 9.17) is 9.47 Å². The number of carbonyl (C=O) groups is 1. The molecule has 0 unspecified atom stereocenters. The molecule has 0 aromatic carbocycles. The van der Waals surface area contributed by atoms with Gasteiger partial charge in [-0.1, -0.05) is 0 Å². The van der Waals surface area contributed by atoms with E-state index in [0.717, 1.165) is 12.8 Å². The third kappa shape index (κ3) is 2.36. The van der Waals surface area contributed by atoms with Crippen molar-refractivity contribution in [3.8, 4) is 0 Å². The van der Waals surface area contributed by atoms with Gasteiger partial charge in [0, 0.05) is 37.8 Å². The average molecular weight is 278 g/mol. The van der Waals surface area contributed by atoms with Crippen molar-refractivity contribution in [2.75, 3.05) is 26.3 Å². The fourth-order valence-corrected chi connectivity index (χ4v) is 2.76. The number of aromatic nitrogens is 1. The number of hydrogen-bond acceptors (Lipinski definition) is 4. The first-order chi connectivity index (χ1) is 9.60. The van der Waals surface area contributed by atoms with Crippen LogP contribution in [-0.2, 0) is 16.5 Å². The number of pyridine rings is 1. The van der Waals surface area contributed by atoms with E-state index in [0.29, 0.717) is 31.9 Å². The molecule has 1 spiro atoms. The molecule has 2 fully saturated rings. The van der Waals surface area contributed by atoms with Crippen molar-refractivity contribution in [3.05, 3.63) is 34.2 Å². The van der Waals surface area contributed by atoms with Gasteiger partial charge < -0.3 is 18.9 Å². The molecule has 6 heteroatoms. The zero-order chi connectivity index (χ0) is 14.2. The maximum absolute atomic E-state index is 12.5. The predicted octanol–water partition coefficient (Wildman–Crippen LogP) is 0.364. The summed E-state index contributed by atoms with van der Waals surface area (Å²) in [5.74, 6) is -0.769. The summed E-state index contributed by atoms with van der Waals surface area (Å²) in [6.45, 7) is 2.26. The molecule has 2 saturated heterocycles. The summed E-state index contributed by atoms with van der Waals surface area (Å²) in [7, 11) is 1.66. The molecule has 3 heterocycles. The molecule has 2 aliphatic heterocycles. The molecule has 0 atom stereocenters. The number of ether oxygens (including phenoxy) is 2. The molecule has 2 aliphatic rings. The lowest BCUT2D eigenvalue weighted by atomic mass is 10.0. The lowest BCUT2D eigenvalue weighted by molar-refractivity contribution is -0.183. The molecule has 0 aliphatic carbocycles. The zero-order valence-corrected chi connectivity index (χ0v) is 11.5. The second-order valence-corrected chi connectivity index (χ2v) is 5.30. The lowest BCUT2D eigenvalue weighted by Gasteiger charge is -2.38. The monoisotopic (exact) mass is 278 g/mol. The lowest BCUT2D eigenvalue weighted by Crippen LogP contribution is -2.51. The maximum atomic E-state index is 12.5. The molecule has 3 rings (SSSR count). The van der Waals surface area contributed by atoms with Gasteiger partial charge in [0.2, 0.25) is 0 Å². The normalized spacial score (nSPS) is 21.4. The van der Waals surface area contributed by atoms with E-state index < -0.39 is 5.79 Å².